The van der Waals surface area contributed by atoms with Crippen LogP contribution in [0.25, 0.3) is 17.0 Å². The van der Waals surface area contributed by atoms with Crippen LogP contribution in [0.5, 0.6) is 0 Å². The largest absolute Gasteiger partial charge is 0.355 e. The second kappa shape index (κ2) is 7.25. The lowest BCUT2D eigenvalue weighted by Crippen LogP contribution is -2.22. The topological polar surface area (TPSA) is 73.0 Å². The molecular weight excluding hydrogens is 347 g/mol. The minimum atomic E-state index is -0.334. The number of hydrogen-bond donors (Lipinski definition) is 1. The number of benzene rings is 2. The van der Waals surface area contributed by atoms with Crippen molar-refractivity contribution < 1.29 is 13.7 Å². The van der Waals surface area contributed by atoms with Crippen LogP contribution in [0, 0.1) is 5.82 Å². The Morgan fingerprint density at radius 1 is 1.11 bits per heavy atom. The van der Waals surface area contributed by atoms with E-state index in [0.717, 1.165) is 11.1 Å². The van der Waals surface area contributed by atoms with Gasteiger partial charge < -0.3 is 9.84 Å². The number of nitrogens with one attached hydrogen (secondary N) is 1. The van der Waals surface area contributed by atoms with Crippen molar-refractivity contribution in [1.29, 1.82) is 0 Å². The predicted molar refractivity (Wildman–Crippen MR) is 96.6 cm³/mol. The number of carbonyl (C=O) groups is 1. The lowest BCUT2D eigenvalue weighted by molar-refractivity contribution is 0.0951. The van der Waals surface area contributed by atoms with Crippen molar-refractivity contribution in [2.24, 2.45) is 0 Å². The Bertz CT molecular complexity index is 1070. The van der Waals surface area contributed by atoms with E-state index >= 15 is 0 Å². The van der Waals surface area contributed by atoms with Crippen LogP contribution in [0.2, 0.25) is 0 Å². The smallest absolute Gasteiger partial charge is 0.257 e. The molecule has 4 rings (SSSR count). The van der Waals surface area contributed by atoms with Crippen LogP contribution in [0.3, 0.4) is 0 Å². The maximum atomic E-state index is 13.3. The Balaban J connectivity index is 1.46. The quantitative estimate of drug-likeness (QED) is 0.589. The number of halogens is 1. The summed E-state index contributed by atoms with van der Waals surface area (Å²) in [4.78, 5) is 12.5. The molecule has 1 N–H and O–H groups in total. The zero-order valence-corrected chi connectivity index (χ0v) is 14.2. The van der Waals surface area contributed by atoms with Gasteiger partial charge in [-0.1, -0.05) is 41.6 Å². The number of amides is 1. The summed E-state index contributed by atoms with van der Waals surface area (Å²) in [5, 5.41) is 10.8. The van der Waals surface area contributed by atoms with E-state index in [1.54, 1.807) is 29.2 Å². The van der Waals surface area contributed by atoms with Crippen LogP contribution in [0.4, 0.5) is 4.39 Å². The molecule has 0 radical (unpaired) electrons. The SMILES string of the molecule is O=C(NCc1cnn(-c2cccc(F)c2)c1)c1cnoc1-c1ccccc1. The molecule has 0 saturated carbocycles. The maximum Gasteiger partial charge on any atom is 0.257 e. The lowest BCUT2D eigenvalue weighted by atomic mass is 10.1. The van der Waals surface area contributed by atoms with Gasteiger partial charge in [0.2, 0.25) is 0 Å². The van der Waals surface area contributed by atoms with Crippen molar-refractivity contribution in [3.05, 3.63) is 90.1 Å². The third-order valence-electron chi connectivity index (χ3n) is 4.01. The van der Waals surface area contributed by atoms with Crippen LogP contribution in [0.15, 0.2) is 77.7 Å². The Labute approximate surface area is 154 Å². The van der Waals surface area contributed by atoms with Crippen LogP contribution in [-0.4, -0.2) is 20.8 Å². The zero-order chi connectivity index (χ0) is 18.6. The molecule has 27 heavy (non-hydrogen) atoms. The molecule has 4 aromatic rings. The molecule has 0 saturated heterocycles. The average molecular weight is 362 g/mol. The van der Waals surface area contributed by atoms with Crippen molar-refractivity contribution in [3.8, 4) is 17.0 Å². The fourth-order valence-electron chi connectivity index (χ4n) is 2.69. The van der Waals surface area contributed by atoms with Crippen molar-refractivity contribution in [1.82, 2.24) is 20.3 Å². The molecule has 0 aliphatic heterocycles. The number of nitrogens with zero attached hydrogens (tertiary/aromatic N) is 3. The monoisotopic (exact) mass is 362 g/mol. The normalized spacial score (nSPS) is 10.7. The Hall–Kier alpha value is -3.74. The van der Waals surface area contributed by atoms with Gasteiger partial charge in [-0.25, -0.2) is 9.07 Å². The minimum Gasteiger partial charge on any atom is -0.355 e. The molecule has 134 valence electrons. The van der Waals surface area contributed by atoms with Gasteiger partial charge in [0.1, 0.15) is 11.4 Å². The third-order valence-corrected chi connectivity index (χ3v) is 4.01. The second-order valence-corrected chi connectivity index (χ2v) is 5.89. The summed E-state index contributed by atoms with van der Waals surface area (Å²) in [5.74, 6) is -0.212. The standard InChI is InChI=1S/C20H15FN4O2/c21-16-7-4-8-17(9-16)25-13-14(11-23-25)10-22-20(26)18-12-24-27-19(18)15-5-2-1-3-6-15/h1-9,11-13H,10H2,(H,22,26). The van der Waals surface area contributed by atoms with Gasteiger partial charge in [0.15, 0.2) is 5.76 Å². The molecule has 2 aromatic heterocycles. The molecule has 0 spiro atoms. The molecule has 0 bridgehead atoms. The van der Waals surface area contributed by atoms with E-state index in [4.69, 9.17) is 4.52 Å². The lowest BCUT2D eigenvalue weighted by Gasteiger charge is -2.03. The molecule has 0 aliphatic carbocycles. The maximum absolute atomic E-state index is 13.3. The molecule has 2 heterocycles. The highest BCUT2D eigenvalue weighted by Crippen LogP contribution is 2.23. The van der Waals surface area contributed by atoms with Crippen LogP contribution < -0.4 is 5.32 Å². The first-order valence-corrected chi connectivity index (χ1v) is 8.28. The minimum absolute atomic E-state index is 0.271. The first kappa shape index (κ1) is 16.7. The van der Waals surface area contributed by atoms with Crippen LogP contribution in [-0.2, 0) is 6.54 Å². The van der Waals surface area contributed by atoms with Gasteiger partial charge in [0.05, 0.1) is 18.1 Å². The molecule has 0 unspecified atom stereocenters. The first-order chi connectivity index (χ1) is 13.2. The van der Waals surface area contributed by atoms with Gasteiger partial charge in [-0.15, -0.1) is 0 Å². The van der Waals surface area contributed by atoms with Crippen molar-refractivity contribution in [3.63, 3.8) is 0 Å². The molecule has 0 fully saturated rings. The zero-order valence-electron chi connectivity index (χ0n) is 14.2. The summed E-state index contributed by atoms with van der Waals surface area (Å²) in [6.45, 7) is 0.271. The summed E-state index contributed by atoms with van der Waals surface area (Å²) in [7, 11) is 0. The van der Waals surface area contributed by atoms with E-state index in [2.05, 4.69) is 15.6 Å². The van der Waals surface area contributed by atoms with Crippen molar-refractivity contribution >= 4 is 5.91 Å². The molecule has 0 aliphatic rings. The van der Waals surface area contributed by atoms with Gasteiger partial charge in [0.25, 0.3) is 5.91 Å². The third kappa shape index (κ3) is 3.62. The highest BCUT2D eigenvalue weighted by atomic mass is 19.1. The fourth-order valence-corrected chi connectivity index (χ4v) is 2.69. The van der Waals surface area contributed by atoms with E-state index in [0.29, 0.717) is 17.0 Å². The average Bonchev–Trinajstić information content (AvgIpc) is 3.36. The van der Waals surface area contributed by atoms with Gasteiger partial charge in [0, 0.05) is 23.9 Å². The number of rotatable bonds is 5. The van der Waals surface area contributed by atoms with Gasteiger partial charge in [-0.3, -0.25) is 4.79 Å². The van der Waals surface area contributed by atoms with Gasteiger partial charge >= 0.3 is 0 Å². The summed E-state index contributed by atoms with van der Waals surface area (Å²) in [6, 6.07) is 15.4. The van der Waals surface area contributed by atoms with E-state index < -0.39 is 0 Å². The molecule has 0 atom stereocenters. The summed E-state index contributed by atoms with van der Waals surface area (Å²) >= 11 is 0. The number of carbonyl (C=O) groups excluding carboxylic acids is 1. The van der Waals surface area contributed by atoms with Gasteiger partial charge in [-0.05, 0) is 18.2 Å². The van der Waals surface area contributed by atoms with Gasteiger partial charge in [-0.2, -0.15) is 5.10 Å². The fraction of sp³-hybridized carbons (Fsp3) is 0.0500. The van der Waals surface area contributed by atoms with E-state index in [9.17, 15) is 9.18 Å². The van der Waals surface area contributed by atoms with Crippen LogP contribution >= 0.6 is 0 Å². The Morgan fingerprint density at radius 3 is 2.78 bits per heavy atom. The van der Waals surface area contributed by atoms with E-state index in [1.165, 1.54) is 18.3 Å². The first-order valence-electron chi connectivity index (χ1n) is 8.28. The van der Waals surface area contributed by atoms with Crippen molar-refractivity contribution in [2.45, 2.75) is 6.54 Å². The molecule has 7 heteroatoms. The molecular formula is C20H15FN4O2. The second-order valence-electron chi connectivity index (χ2n) is 5.89. The summed E-state index contributed by atoms with van der Waals surface area (Å²) in [5.41, 5.74) is 2.53. The number of hydrogen-bond acceptors (Lipinski definition) is 4. The Morgan fingerprint density at radius 2 is 1.96 bits per heavy atom. The highest BCUT2D eigenvalue weighted by molar-refractivity contribution is 5.99. The molecule has 6 nitrogen and oxygen atoms in total. The summed E-state index contributed by atoms with van der Waals surface area (Å²) < 4.78 is 20.1. The van der Waals surface area contributed by atoms with Crippen LogP contribution in [0.1, 0.15) is 15.9 Å². The van der Waals surface area contributed by atoms with Crippen molar-refractivity contribution in [2.75, 3.05) is 0 Å². The van der Waals surface area contributed by atoms with E-state index in [-0.39, 0.29) is 18.3 Å². The predicted octanol–water partition coefficient (Wildman–Crippen LogP) is 3.60. The molecule has 2 aromatic carbocycles. The Kier molecular flexibility index (Phi) is 4.49. The van der Waals surface area contributed by atoms with E-state index in [1.807, 2.05) is 30.3 Å². The number of aromatic nitrogens is 3. The highest BCUT2D eigenvalue weighted by Gasteiger charge is 2.17. The summed E-state index contributed by atoms with van der Waals surface area (Å²) in [6.07, 6.45) is 4.76. The molecule has 1 amide bonds.